The number of hydrogen-bond donors (Lipinski definition) is 1. The van der Waals surface area contributed by atoms with E-state index in [1.807, 2.05) is 0 Å². The topological polar surface area (TPSA) is 32.7 Å². The van der Waals surface area contributed by atoms with Crippen LogP contribution in [-0.4, -0.2) is 31.4 Å². The van der Waals surface area contributed by atoms with Gasteiger partial charge in [0.1, 0.15) is 5.82 Å². The van der Waals surface area contributed by atoms with Crippen LogP contribution in [0.15, 0.2) is 18.2 Å². The lowest BCUT2D eigenvalue weighted by Gasteiger charge is -2.31. The van der Waals surface area contributed by atoms with E-state index in [4.69, 9.17) is 4.74 Å². The number of rotatable bonds is 6. The zero-order valence-corrected chi connectivity index (χ0v) is 11.5. The van der Waals surface area contributed by atoms with Gasteiger partial charge in [-0.1, -0.05) is 0 Å². The van der Waals surface area contributed by atoms with E-state index in [0.29, 0.717) is 18.7 Å². The van der Waals surface area contributed by atoms with Crippen LogP contribution < -0.4 is 4.90 Å². The molecule has 1 atom stereocenters. The first-order valence-corrected chi connectivity index (χ1v) is 6.20. The highest BCUT2D eigenvalue weighted by atomic mass is 19.1. The van der Waals surface area contributed by atoms with Crippen LogP contribution in [0.25, 0.3) is 0 Å². The molecule has 0 aliphatic heterocycles. The van der Waals surface area contributed by atoms with Gasteiger partial charge in [-0.3, -0.25) is 0 Å². The van der Waals surface area contributed by atoms with Crippen molar-refractivity contribution in [1.82, 2.24) is 0 Å². The molecular formula is C14H22FNO2. The van der Waals surface area contributed by atoms with Crippen LogP contribution in [0.2, 0.25) is 0 Å². The molecule has 1 rings (SSSR count). The van der Waals surface area contributed by atoms with Crippen LogP contribution in [0.1, 0.15) is 32.4 Å². The molecule has 1 N–H and O–H groups in total. The van der Waals surface area contributed by atoms with E-state index >= 15 is 0 Å². The third kappa shape index (κ3) is 3.68. The number of hydrogen-bond acceptors (Lipinski definition) is 3. The highest BCUT2D eigenvalue weighted by Crippen LogP contribution is 2.28. The lowest BCUT2D eigenvalue weighted by atomic mass is 10.1. The molecule has 0 heterocycles. The molecule has 0 bridgehead atoms. The Kier molecular flexibility index (Phi) is 5.56. The lowest BCUT2D eigenvalue weighted by Crippen LogP contribution is -2.34. The van der Waals surface area contributed by atoms with Gasteiger partial charge in [0.2, 0.25) is 0 Å². The Labute approximate surface area is 108 Å². The number of anilines is 1. The molecular weight excluding hydrogens is 233 g/mol. The zero-order chi connectivity index (χ0) is 13.7. The summed E-state index contributed by atoms with van der Waals surface area (Å²) >= 11 is 0. The second kappa shape index (κ2) is 6.71. The summed E-state index contributed by atoms with van der Waals surface area (Å²) in [6, 6.07) is 4.78. The van der Waals surface area contributed by atoms with Gasteiger partial charge in [0, 0.05) is 30.9 Å². The smallest absolute Gasteiger partial charge is 0.123 e. The minimum absolute atomic E-state index is 0.253. The Morgan fingerprint density at radius 2 is 2.00 bits per heavy atom. The fourth-order valence-corrected chi connectivity index (χ4v) is 1.97. The van der Waals surface area contributed by atoms with Crippen LogP contribution in [0.5, 0.6) is 0 Å². The molecule has 0 aliphatic rings. The number of benzene rings is 1. The van der Waals surface area contributed by atoms with Crippen LogP contribution in [0.3, 0.4) is 0 Å². The summed E-state index contributed by atoms with van der Waals surface area (Å²) in [4.78, 5) is 2.10. The fourth-order valence-electron chi connectivity index (χ4n) is 1.97. The Balaban J connectivity index is 3.10. The summed E-state index contributed by atoms with van der Waals surface area (Å²) in [5.74, 6) is -0.329. The number of aliphatic hydroxyl groups excluding tert-OH is 1. The van der Waals surface area contributed by atoms with Gasteiger partial charge in [0.15, 0.2) is 0 Å². The van der Waals surface area contributed by atoms with E-state index in [9.17, 15) is 9.50 Å². The lowest BCUT2D eigenvalue weighted by molar-refractivity contribution is 0.196. The van der Waals surface area contributed by atoms with Crippen molar-refractivity contribution in [3.8, 4) is 0 Å². The molecule has 0 saturated heterocycles. The maximum absolute atomic E-state index is 13.3. The van der Waals surface area contributed by atoms with E-state index in [-0.39, 0.29) is 11.9 Å². The third-order valence-electron chi connectivity index (χ3n) is 2.91. The molecule has 0 amide bonds. The zero-order valence-electron chi connectivity index (χ0n) is 11.5. The van der Waals surface area contributed by atoms with E-state index in [1.165, 1.54) is 12.1 Å². The molecule has 4 heteroatoms. The van der Waals surface area contributed by atoms with Crippen molar-refractivity contribution in [2.75, 3.05) is 25.2 Å². The van der Waals surface area contributed by atoms with Gasteiger partial charge < -0.3 is 14.7 Å². The summed E-state index contributed by atoms with van der Waals surface area (Å²) < 4.78 is 18.4. The molecule has 0 radical (unpaired) electrons. The van der Waals surface area contributed by atoms with E-state index in [0.717, 1.165) is 5.69 Å². The van der Waals surface area contributed by atoms with Crippen LogP contribution in [0, 0.1) is 5.82 Å². The molecule has 0 unspecified atom stereocenters. The third-order valence-corrected chi connectivity index (χ3v) is 2.91. The first kappa shape index (κ1) is 14.9. The SMILES string of the molecule is COCCN(c1ccc(F)cc1[C@@H](C)O)C(C)C. The predicted molar refractivity (Wildman–Crippen MR) is 71.4 cm³/mol. The number of methoxy groups -OCH3 is 1. The van der Waals surface area contributed by atoms with Gasteiger partial charge >= 0.3 is 0 Å². The fraction of sp³-hybridized carbons (Fsp3) is 0.571. The van der Waals surface area contributed by atoms with Crippen LogP contribution in [0.4, 0.5) is 10.1 Å². The van der Waals surface area contributed by atoms with E-state index in [1.54, 1.807) is 20.1 Å². The summed E-state index contributed by atoms with van der Waals surface area (Å²) in [6.45, 7) is 7.07. The molecule has 0 aromatic heterocycles. The second-order valence-corrected chi connectivity index (χ2v) is 4.66. The summed E-state index contributed by atoms with van der Waals surface area (Å²) in [5.41, 5.74) is 1.47. The summed E-state index contributed by atoms with van der Waals surface area (Å²) in [7, 11) is 1.65. The molecule has 0 spiro atoms. The molecule has 0 saturated carbocycles. The Morgan fingerprint density at radius 1 is 1.33 bits per heavy atom. The molecule has 3 nitrogen and oxygen atoms in total. The van der Waals surface area contributed by atoms with Gasteiger partial charge in [0.05, 0.1) is 12.7 Å². The van der Waals surface area contributed by atoms with Crippen molar-refractivity contribution in [2.24, 2.45) is 0 Å². The highest BCUT2D eigenvalue weighted by Gasteiger charge is 2.17. The number of ether oxygens (including phenoxy) is 1. The monoisotopic (exact) mass is 255 g/mol. The number of aliphatic hydroxyl groups is 1. The largest absolute Gasteiger partial charge is 0.389 e. The minimum atomic E-state index is -0.695. The van der Waals surface area contributed by atoms with Gasteiger partial charge in [-0.15, -0.1) is 0 Å². The van der Waals surface area contributed by atoms with Gasteiger partial charge in [-0.2, -0.15) is 0 Å². The van der Waals surface area contributed by atoms with Crippen molar-refractivity contribution in [3.63, 3.8) is 0 Å². The predicted octanol–water partition coefficient (Wildman–Crippen LogP) is 2.74. The molecule has 102 valence electrons. The molecule has 18 heavy (non-hydrogen) atoms. The maximum Gasteiger partial charge on any atom is 0.123 e. The summed E-state index contributed by atoms with van der Waals surface area (Å²) in [6.07, 6.45) is -0.695. The van der Waals surface area contributed by atoms with Crippen molar-refractivity contribution in [1.29, 1.82) is 0 Å². The van der Waals surface area contributed by atoms with E-state index < -0.39 is 6.10 Å². The normalized spacial score (nSPS) is 12.8. The van der Waals surface area contributed by atoms with Gasteiger partial charge in [-0.25, -0.2) is 4.39 Å². The molecule has 1 aromatic carbocycles. The molecule has 0 aliphatic carbocycles. The van der Waals surface area contributed by atoms with Gasteiger partial charge in [0.25, 0.3) is 0 Å². The Morgan fingerprint density at radius 3 is 2.50 bits per heavy atom. The van der Waals surface area contributed by atoms with E-state index in [2.05, 4.69) is 18.7 Å². The molecule has 1 aromatic rings. The van der Waals surface area contributed by atoms with Crippen molar-refractivity contribution in [2.45, 2.75) is 32.9 Å². The van der Waals surface area contributed by atoms with Gasteiger partial charge in [-0.05, 0) is 39.0 Å². The Bertz CT molecular complexity index is 380. The Hall–Kier alpha value is -1.13. The quantitative estimate of drug-likeness (QED) is 0.848. The average Bonchev–Trinajstić information content (AvgIpc) is 2.30. The highest BCUT2D eigenvalue weighted by molar-refractivity contribution is 5.55. The number of nitrogens with zero attached hydrogens (tertiary/aromatic N) is 1. The second-order valence-electron chi connectivity index (χ2n) is 4.66. The van der Waals surface area contributed by atoms with Crippen molar-refractivity contribution >= 4 is 5.69 Å². The van der Waals surface area contributed by atoms with Crippen molar-refractivity contribution in [3.05, 3.63) is 29.6 Å². The average molecular weight is 255 g/mol. The number of halogens is 1. The van der Waals surface area contributed by atoms with Crippen LogP contribution >= 0.6 is 0 Å². The first-order chi connectivity index (χ1) is 8.47. The molecule has 0 fully saturated rings. The van der Waals surface area contributed by atoms with Crippen LogP contribution in [-0.2, 0) is 4.74 Å². The first-order valence-electron chi connectivity index (χ1n) is 6.20. The van der Waals surface area contributed by atoms with Crippen molar-refractivity contribution < 1.29 is 14.2 Å². The maximum atomic E-state index is 13.3. The minimum Gasteiger partial charge on any atom is -0.389 e. The summed E-state index contributed by atoms with van der Waals surface area (Å²) in [5, 5.41) is 9.76. The standard InChI is InChI=1S/C14H22FNO2/c1-10(2)16(7-8-18-4)14-6-5-12(15)9-13(14)11(3)17/h5-6,9-11,17H,7-8H2,1-4H3/t11-/m1/s1.